The zero-order valence-corrected chi connectivity index (χ0v) is 6.13. The van der Waals surface area contributed by atoms with Crippen LogP contribution < -0.4 is 0 Å². The van der Waals surface area contributed by atoms with E-state index in [2.05, 4.69) is 21.0 Å². The molecular weight excluding hydrogens is 171 g/mol. The summed E-state index contributed by atoms with van der Waals surface area (Å²) >= 11 is 2.67. The molecule has 1 radical (unpaired) electrons. The van der Waals surface area contributed by atoms with Gasteiger partial charge in [0.05, 0.1) is 0 Å². The van der Waals surface area contributed by atoms with Crippen LogP contribution in [0.25, 0.3) is 0 Å². The fraction of sp³-hybridized carbons (Fsp3) is 0.500. The van der Waals surface area contributed by atoms with Crippen molar-refractivity contribution in [3.63, 3.8) is 0 Å². The first-order valence-electron chi connectivity index (χ1n) is 2.20. The van der Waals surface area contributed by atoms with E-state index in [1.807, 2.05) is 7.05 Å². The van der Waals surface area contributed by atoms with Gasteiger partial charge in [-0.2, -0.15) is 0 Å². The number of hydrogen-bond donors (Lipinski definition) is 0. The van der Waals surface area contributed by atoms with E-state index in [0.29, 0.717) is 11.3 Å². The maximum atomic E-state index is 10.4. The molecule has 0 spiro atoms. The van der Waals surface area contributed by atoms with E-state index in [1.165, 1.54) is 0 Å². The molecule has 0 aliphatic carbocycles. The van der Waals surface area contributed by atoms with Crippen LogP contribution in [0, 0.1) is 0 Å². The molecule has 1 amide bonds. The third kappa shape index (κ3) is 0.904. The number of likely N-dealkylation sites (N-methyl/N-ethyl adjacent to an activating group) is 1. The van der Waals surface area contributed by atoms with Crippen molar-refractivity contribution in [2.45, 2.75) is 0 Å². The van der Waals surface area contributed by atoms with Gasteiger partial charge in [0.15, 0.2) is 0 Å². The van der Waals surface area contributed by atoms with Crippen molar-refractivity contribution < 1.29 is 4.79 Å². The molecule has 3 nitrogen and oxygen atoms in total. The van der Waals surface area contributed by atoms with Crippen LogP contribution in [0.2, 0.25) is 0 Å². The van der Waals surface area contributed by atoms with E-state index >= 15 is 0 Å². The normalized spacial score (nSPS) is 19.4. The molecule has 0 N–H and O–H groups in total. The first kappa shape index (κ1) is 5.79. The maximum absolute atomic E-state index is 10.4. The molecule has 0 aromatic carbocycles. The molecule has 8 heavy (non-hydrogen) atoms. The summed E-state index contributed by atoms with van der Waals surface area (Å²) in [7, 11) is 1.82. The Hall–Kier alpha value is -0.341. The number of amidine groups is 1. The second kappa shape index (κ2) is 1.88. The Balaban J connectivity index is 2.73. The van der Waals surface area contributed by atoms with Crippen LogP contribution in [0.3, 0.4) is 0 Å². The van der Waals surface area contributed by atoms with Crippen molar-refractivity contribution in [1.29, 1.82) is 0 Å². The van der Waals surface area contributed by atoms with E-state index in [-0.39, 0.29) is 5.91 Å². The van der Waals surface area contributed by atoms with Crippen molar-refractivity contribution >= 4 is 26.7 Å². The first-order chi connectivity index (χ1) is 3.70. The number of carbonyl (C=O) groups excluding carboxylic acids is 1. The molecule has 43 valence electrons. The summed E-state index contributed by atoms with van der Waals surface area (Å²) in [6, 6.07) is 0. The number of rotatable bonds is 0. The van der Waals surface area contributed by atoms with Crippen LogP contribution in [0.4, 0.5) is 0 Å². The zero-order valence-electron chi connectivity index (χ0n) is 4.42. The monoisotopic (exact) mass is 177 g/mol. The van der Waals surface area contributed by atoms with Crippen LogP contribution in [0.15, 0.2) is 4.99 Å². The summed E-state index contributed by atoms with van der Waals surface area (Å²) < 4.78 is 0.690. The van der Waals surface area contributed by atoms with Gasteiger partial charge in [-0.3, -0.25) is 0 Å². The third-order valence-electron chi connectivity index (χ3n) is 0.919. The summed E-state index contributed by atoms with van der Waals surface area (Å²) in [6.07, 6.45) is 0. The third-order valence-corrected chi connectivity index (χ3v) is 1.76. The van der Waals surface area contributed by atoms with Gasteiger partial charge in [-0.25, -0.2) is 0 Å². The number of nitrogens with zero attached hydrogens (tertiary/aromatic N) is 2. The molecule has 0 unspecified atom stereocenters. The van der Waals surface area contributed by atoms with Gasteiger partial charge in [0.1, 0.15) is 0 Å². The molecule has 4 heteroatoms. The fourth-order valence-corrected chi connectivity index (χ4v) is 0.847. The van der Waals surface area contributed by atoms with E-state index in [0.717, 1.165) is 0 Å². The van der Waals surface area contributed by atoms with Crippen molar-refractivity contribution in [3.05, 3.63) is 0 Å². The average molecular weight is 176 g/mol. The van der Waals surface area contributed by atoms with Crippen molar-refractivity contribution in [1.82, 2.24) is 4.90 Å². The molecule has 0 atom stereocenters. The van der Waals surface area contributed by atoms with E-state index in [1.54, 1.807) is 4.90 Å². The van der Waals surface area contributed by atoms with Crippen LogP contribution in [-0.4, -0.2) is 45.1 Å². The number of aliphatic imine (C=N–C) groups is 1. The molecule has 0 fully saturated rings. The predicted octanol–water partition coefficient (Wildman–Crippen LogP) is -1.02. The number of hydrogen-bond acceptors (Lipinski definition) is 2. The van der Waals surface area contributed by atoms with Crippen LogP contribution in [0.1, 0.15) is 0 Å². The van der Waals surface area contributed by atoms with Crippen LogP contribution in [-0.2, 0) is 4.79 Å². The molecule has 0 saturated carbocycles. The van der Waals surface area contributed by atoms with Gasteiger partial charge >= 0.3 is 54.9 Å². The fourth-order valence-electron chi connectivity index (χ4n) is 0.498. The van der Waals surface area contributed by atoms with Gasteiger partial charge < -0.3 is 0 Å². The second-order valence-electron chi connectivity index (χ2n) is 1.64. The standard InChI is InChI=1S/C4H5N2OSe/c1-6-2-3(7)5-4(6)8/h2H2,1H3. The minimum absolute atomic E-state index is 0.0683. The second-order valence-corrected chi connectivity index (χ2v) is 2.41. The number of carbonyl (C=O) groups is 1. The van der Waals surface area contributed by atoms with Crippen LogP contribution >= 0.6 is 0 Å². The van der Waals surface area contributed by atoms with Crippen molar-refractivity contribution in [2.24, 2.45) is 4.99 Å². The van der Waals surface area contributed by atoms with Gasteiger partial charge in [-0.05, 0) is 0 Å². The Morgan fingerprint density at radius 2 is 2.50 bits per heavy atom. The summed E-state index contributed by atoms with van der Waals surface area (Å²) in [5, 5.41) is 0. The first-order valence-corrected chi connectivity index (χ1v) is 3.05. The zero-order chi connectivity index (χ0) is 6.15. The Morgan fingerprint density at radius 3 is 2.62 bits per heavy atom. The molecule has 0 bridgehead atoms. The molecule has 0 aromatic rings. The van der Waals surface area contributed by atoms with Gasteiger partial charge in [-0.15, -0.1) is 0 Å². The van der Waals surface area contributed by atoms with Gasteiger partial charge in [-0.1, -0.05) is 0 Å². The predicted molar refractivity (Wildman–Crippen MR) is 30.8 cm³/mol. The quantitative estimate of drug-likeness (QED) is 0.442. The van der Waals surface area contributed by atoms with Gasteiger partial charge in [0, 0.05) is 0 Å². The van der Waals surface area contributed by atoms with E-state index in [4.69, 9.17) is 0 Å². The summed E-state index contributed by atoms with van der Waals surface area (Å²) in [5.41, 5.74) is 0. The van der Waals surface area contributed by atoms with E-state index in [9.17, 15) is 4.79 Å². The topological polar surface area (TPSA) is 32.7 Å². The van der Waals surface area contributed by atoms with Crippen LogP contribution in [0.5, 0.6) is 0 Å². The molecule has 1 rings (SSSR count). The summed E-state index contributed by atoms with van der Waals surface area (Å²) in [6.45, 7) is 0.419. The molecule has 1 heterocycles. The van der Waals surface area contributed by atoms with Crippen molar-refractivity contribution in [3.8, 4) is 0 Å². The Bertz CT molecular complexity index is 154. The summed E-state index contributed by atoms with van der Waals surface area (Å²) in [4.78, 5) is 15.8. The van der Waals surface area contributed by atoms with Crippen molar-refractivity contribution in [2.75, 3.05) is 13.6 Å². The molecule has 1 aliphatic heterocycles. The Morgan fingerprint density at radius 1 is 1.88 bits per heavy atom. The van der Waals surface area contributed by atoms with Gasteiger partial charge in [0.2, 0.25) is 0 Å². The molecule has 0 saturated heterocycles. The average Bonchev–Trinajstić information content (AvgIpc) is 1.85. The molecule has 0 aromatic heterocycles. The Kier molecular flexibility index (Phi) is 1.36. The van der Waals surface area contributed by atoms with Gasteiger partial charge in [0.25, 0.3) is 0 Å². The summed E-state index contributed by atoms with van der Waals surface area (Å²) in [5.74, 6) is -0.0683. The van der Waals surface area contributed by atoms with E-state index < -0.39 is 0 Å². The molecular formula is C4H5N2OSe. The Labute approximate surface area is 55.6 Å². The minimum atomic E-state index is -0.0683. The number of amides is 1. The SMILES string of the molecule is CN1CC(=O)N=C1[Se]. The molecule has 1 aliphatic rings.